The molecule has 2 bridgehead atoms. The molecule has 0 radical (unpaired) electrons. The molecule has 126 valence electrons. The van der Waals surface area contributed by atoms with E-state index in [4.69, 9.17) is 4.74 Å². The van der Waals surface area contributed by atoms with Crippen LogP contribution in [-0.2, 0) is 4.79 Å². The number of ether oxygens (including phenoxy) is 1. The van der Waals surface area contributed by atoms with E-state index in [1.54, 1.807) is 6.07 Å². The Kier molecular flexibility index (Phi) is 2.97. The van der Waals surface area contributed by atoms with E-state index in [0.29, 0.717) is 23.3 Å². The number of hydrogen-bond acceptors (Lipinski definition) is 3. The summed E-state index contributed by atoms with van der Waals surface area (Å²) in [7, 11) is 0. The highest BCUT2D eigenvalue weighted by Crippen LogP contribution is 2.52. The van der Waals surface area contributed by atoms with Gasteiger partial charge in [0, 0.05) is 24.3 Å². The maximum Gasteiger partial charge on any atom is 0.258 e. The molecule has 4 atom stereocenters. The van der Waals surface area contributed by atoms with Crippen molar-refractivity contribution >= 4 is 11.8 Å². The second-order valence-electron chi connectivity index (χ2n) is 7.81. The highest BCUT2D eigenvalue weighted by molar-refractivity contribution is 5.98. The lowest BCUT2D eigenvalue weighted by Gasteiger charge is -2.55. The third-order valence-electron chi connectivity index (χ3n) is 6.23. The quantitative estimate of drug-likeness (QED) is 0.876. The van der Waals surface area contributed by atoms with E-state index < -0.39 is 5.72 Å². The summed E-state index contributed by atoms with van der Waals surface area (Å²) in [6, 6.07) is 7.83. The van der Waals surface area contributed by atoms with Crippen LogP contribution in [0.4, 0.5) is 0 Å². The summed E-state index contributed by atoms with van der Waals surface area (Å²) < 4.78 is 6.32. The standard InChI is InChI=1S/C19H22N2O3/c22-17(20-13-7-8-13)15-9-12-6-5-11(15)10-19(12)21-18(23)14-3-1-2-4-16(14)24-19/h1-4,11-13,15H,5-10H2,(H,20,22)(H,21,23)/t11-,12+,15-,19+/m0/s1. The van der Waals surface area contributed by atoms with Gasteiger partial charge in [0.1, 0.15) is 5.75 Å². The van der Waals surface area contributed by atoms with Crippen LogP contribution in [0.15, 0.2) is 24.3 Å². The topological polar surface area (TPSA) is 67.4 Å². The molecule has 0 aromatic heterocycles. The maximum absolute atomic E-state index is 12.5. The summed E-state index contributed by atoms with van der Waals surface area (Å²) in [5.74, 6) is 1.41. The van der Waals surface area contributed by atoms with Crippen molar-refractivity contribution in [3.05, 3.63) is 29.8 Å². The van der Waals surface area contributed by atoms with E-state index in [2.05, 4.69) is 10.6 Å². The van der Waals surface area contributed by atoms with Gasteiger partial charge in [-0.2, -0.15) is 0 Å². The molecule has 5 heteroatoms. The zero-order valence-corrected chi connectivity index (χ0v) is 13.6. The molecule has 4 fully saturated rings. The minimum atomic E-state index is -0.620. The molecule has 5 aliphatic rings. The lowest BCUT2D eigenvalue weighted by molar-refractivity contribution is -0.146. The van der Waals surface area contributed by atoms with Crippen LogP contribution < -0.4 is 15.4 Å². The largest absolute Gasteiger partial charge is 0.467 e. The van der Waals surface area contributed by atoms with Crippen LogP contribution in [0.2, 0.25) is 0 Å². The summed E-state index contributed by atoms with van der Waals surface area (Å²) in [6.07, 6.45) is 5.85. The Bertz CT molecular complexity index is 714. The van der Waals surface area contributed by atoms with Crippen molar-refractivity contribution in [2.75, 3.05) is 0 Å². The molecule has 0 unspecified atom stereocenters. The molecule has 2 amide bonds. The van der Waals surface area contributed by atoms with Crippen LogP contribution in [-0.4, -0.2) is 23.6 Å². The van der Waals surface area contributed by atoms with Crippen LogP contribution >= 0.6 is 0 Å². The number of benzene rings is 1. The van der Waals surface area contributed by atoms with Gasteiger partial charge in [-0.05, 0) is 50.2 Å². The van der Waals surface area contributed by atoms with Gasteiger partial charge >= 0.3 is 0 Å². The molecule has 1 aliphatic heterocycles. The molecule has 2 N–H and O–H groups in total. The minimum Gasteiger partial charge on any atom is -0.467 e. The van der Waals surface area contributed by atoms with Crippen molar-refractivity contribution in [3.63, 3.8) is 0 Å². The lowest BCUT2D eigenvalue weighted by atomic mass is 9.60. The number of carbonyl (C=O) groups excluding carboxylic acids is 2. The predicted octanol–water partition coefficient (Wildman–Crippen LogP) is 2.22. The first-order valence-electron chi connectivity index (χ1n) is 9.05. The lowest BCUT2D eigenvalue weighted by Crippen LogP contribution is -2.67. The van der Waals surface area contributed by atoms with Gasteiger partial charge in [0.15, 0.2) is 5.72 Å². The van der Waals surface area contributed by atoms with Crippen LogP contribution in [0.5, 0.6) is 5.75 Å². The van der Waals surface area contributed by atoms with E-state index in [1.807, 2.05) is 18.2 Å². The number of fused-ring (bicyclic) bond motifs is 3. The van der Waals surface area contributed by atoms with Gasteiger partial charge < -0.3 is 15.4 Å². The normalized spacial score (nSPS) is 36.7. The number of hydrogen-bond donors (Lipinski definition) is 2. The molecule has 6 rings (SSSR count). The zero-order valence-electron chi connectivity index (χ0n) is 13.6. The second-order valence-corrected chi connectivity index (χ2v) is 7.81. The van der Waals surface area contributed by atoms with Gasteiger partial charge in [0.25, 0.3) is 5.91 Å². The van der Waals surface area contributed by atoms with Gasteiger partial charge in [-0.25, -0.2) is 0 Å². The Balaban J connectivity index is 1.40. The maximum atomic E-state index is 12.5. The summed E-state index contributed by atoms with van der Waals surface area (Å²) in [4.78, 5) is 25.1. The van der Waals surface area contributed by atoms with Crippen molar-refractivity contribution in [3.8, 4) is 5.75 Å². The van der Waals surface area contributed by atoms with Crippen molar-refractivity contribution < 1.29 is 14.3 Å². The molecule has 0 saturated heterocycles. The SMILES string of the molecule is O=C1N[C@]2(C[C@@H]3CC[C@@H]2C[C@@H]3C(=O)NC2CC2)Oc2ccccc21. The first-order chi connectivity index (χ1) is 11.6. The van der Waals surface area contributed by atoms with Crippen molar-refractivity contribution in [2.45, 2.75) is 50.3 Å². The number of nitrogens with one attached hydrogen (secondary N) is 2. The minimum absolute atomic E-state index is 0.0524. The molecular weight excluding hydrogens is 304 g/mol. The Morgan fingerprint density at radius 3 is 2.79 bits per heavy atom. The smallest absolute Gasteiger partial charge is 0.258 e. The Hall–Kier alpha value is -2.04. The Labute approximate surface area is 141 Å². The van der Waals surface area contributed by atoms with Gasteiger partial charge in [-0.3, -0.25) is 9.59 Å². The Morgan fingerprint density at radius 1 is 1.21 bits per heavy atom. The van der Waals surface area contributed by atoms with E-state index >= 15 is 0 Å². The predicted molar refractivity (Wildman–Crippen MR) is 87.4 cm³/mol. The molecule has 1 spiro atoms. The number of rotatable bonds is 2. The average Bonchev–Trinajstić information content (AvgIpc) is 3.39. The highest BCUT2D eigenvalue weighted by Gasteiger charge is 2.57. The van der Waals surface area contributed by atoms with Gasteiger partial charge in [-0.1, -0.05) is 12.1 Å². The van der Waals surface area contributed by atoms with Crippen LogP contribution in [0.3, 0.4) is 0 Å². The van der Waals surface area contributed by atoms with Crippen molar-refractivity contribution in [1.82, 2.24) is 10.6 Å². The van der Waals surface area contributed by atoms with Crippen LogP contribution in [0.1, 0.15) is 48.9 Å². The zero-order chi connectivity index (χ0) is 16.3. The molecule has 4 saturated carbocycles. The van der Waals surface area contributed by atoms with Gasteiger partial charge in [0.2, 0.25) is 5.91 Å². The summed E-state index contributed by atoms with van der Waals surface area (Å²) in [5, 5.41) is 6.30. The van der Waals surface area contributed by atoms with E-state index in [-0.39, 0.29) is 23.7 Å². The third kappa shape index (κ3) is 2.14. The summed E-state index contributed by atoms with van der Waals surface area (Å²) in [6.45, 7) is 0. The molecule has 1 heterocycles. The second kappa shape index (κ2) is 4.98. The first kappa shape index (κ1) is 14.3. The average molecular weight is 326 g/mol. The van der Waals surface area contributed by atoms with Crippen LogP contribution in [0.25, 0.3) is 0 Å². The highest BCUT2D eigenvalue weighted by atomic mass is 16.5. The fourth-order valence-electron chi connectivity index (χ4n) is 4.82. The number of carbonyl (C=O) groups is 2. The third-order valence-corrected chi connectivity index (χ3v) is 6.23. The molecule has 1 aromatic rings. The molecular formula is C19H22N2O3. The molecule has 24 heavy (non-hydrogen) atoms. The fraction of sp³-hybridized carbons (Fsp3) is 0.579. The molecule has 4 aliphatic carbocycles. The van der Waals surface area contributed by atoms with Crippen molar-refractivity contribution in [1.29, 1.82) is 0 Å². The van der Waals surface area contributed by atoms with E-state index in [1.165, 1.54) is 0 Å². The number of para-hydroxylation sites is 1. The van der Waals surface area contributed by atoms with Gasteiger partial charge in [0.05, 0.1) is 5.56 Å². The fourth-order valence-corrected chi connectivity index (χ4v) is 4.82. The Morgan fingerprint density at radius 2 is 2.04 bits per heavy atom. The van der Waals surface area contributed by atoms with Crippen LogP contribution in [0, 0.1) is 17.8 Å². The first-order valence-corrected chi connectivity index (χ1v) is 9.05. The van der Waals surface area contributed by atoms with Gasteiger partial charge in [-0.15, -0.1) is 0 Å². The summed E-state index contributed by atoms with van der Waals surface area (Å²) in [5.41, 5.74) is -0.0161. The molecule has 1 aromatic carbocycles. The van der Waals surface area contributed by atoms with E-state index in [0.717, 1.165) is 38.5 Å². The van der Waals surface area contributed by atoms with Crippen molar-refractivity contribution in [2.24, 2.45) is 17.8 Å². The summed E-state index contributed by atoms with van der Waals surface area (Å²) >= 11 is 0. The molecule has 5 nitrogen and oxygen atoms in total. The monoisotopic (exact) mass is 326 g/mol. The van der Waals surface area contributed by atoms with E-state index in [9.17, 15) is 9.59 Å². The number of amides is 2.